The molecule has 1 aliphatic rings. The van der Waals surface area contributed by atoms with Crippen molar-refractivity contribution in [3.05, 3.63) is 190 Å². The van der Waals surface area contributed by atoms with Gasteiger partial charge in [0.15, 0.2) is 23.3 Å². The average molecular weight is 1170 g/mol. The second kappa shape index (κ2) is 33.5. The van der Waals surface area contributed by atoms with E-state index in [0.717, 1.165) is 29.4 Å². The third-order valence-electron chi connectivity index (χ3n) is 13.0. The molecule has 1 fully saturated rings. The number of carbonyl (C=O) groups excluding carboxylic acids is 6. The molecule has 8 atom stereocenters. The number of nitro groups is 1. The highest BCUT2D eigenvalue weighted by atomic mass is 16.7. The second-order valence-electron chi connectivity index (χ2n) is 20.8. The van der Waals surface area contributed by atoms with Crippen LogP contribution in [0.5, 0.6) is 0 Å². The SMILES string of the molecule is COC(=O)C[C@H](NC(=O)CNC(=O)[C@H](CCCN=C(N)N)N(C(=O)OC(C)(C)C)[N+](=O)[O-])C(=O)N[C@@H](Cc1ccccc1)C(=O)N[C@H]1[C@H](OCc2ccccc2)O[C@H](COCc2ccccc2)[C@@H](OCc2ccccc2)[C@@H]1OCc1ccccc1. The number of nitrogens with two attached hydrogens (primary N) is 2. The molecule has 0 aromatic heterocycles. The van der Waals surface area contributed by atoms with Crippen LogP contribution in [0.25, 0.3) is 0 Å². The number of nitrogens with one attached hydrogen (secondary N) is 4. The van der Waals surface area contributed by atoms with E-state index >= 15 is 4.79 Å². The van der Waals surface area contributed by atoms with Crippen LogP contribution < -0.4 is 32.7 Å². The molecular formula is C61H75N9O15. The summed E-state index contributed by atoms with van der Waals surface area (Å²) in [6.07, 6.45) is -6.75. The smallest absolute Gasteiger partial charge is 0.469 e. The van der Waals surface area contributed by atoms with Crippen molar-refractivity contribution in [3.8, 4) is 0 Å². The van der Waals surface area contributed by atoms with Crippen LogP contribution in [-0.2, 0) is 90.0 Å². The number of nitrogens with zero attached hydrogens (tertiary/aromatic N) is 3. The van der Waals surface area contributed by atoms with Crippen molar-refractivity contribution < 1.29 is 67.0 Å². The first kappa shape index (κ1) is 65.3. The summed E-state index contributed by atoms with van der Waals surface area (Å²) < 4.78 is 43.6. The normalized spacial score (nSPS) is 17.6. The van der Waals surface area contributed by atoms with Crippen molar-refractivity contribution in [2.75, 3.05) is 26.8 Å². The minimum Gasteiger partial charge on any atom is -0.469 e. The van der Waals surface area contributed by atoms with Crippen LogP contribution in [0, 0.1) is 10.1 Å². The lowest BCUT2D eigenvalue weighted by molar-refractivity contribution is -0.641. The van der Waals surface area contributed by atoms with Crippen LogP contribution in [0.2, 0.25) is 0 Å². The molecule has 0 radical (unpaired) electrons. The number of amides is 5. The highest BCUT2D eigenvalue weighted by Gasteiger charge is 2.50. The quantitative estimate of drug-likeness (QED) is 0.00886. The second-order valence-corrected chi connectivity index (χ2v) is 20.8. The summed E-state index contributed by atoms with van der Waals surface area (Å²) in [5.41, 5.74) is 13.6. The van der Waals surface area contributed by atoms with Gasteiger partial charge in [-0.2, -0.15) is 0 Å². The maximum absolute atomic E-state index is 15.3. The Morgan fingerprint density at radius 2 is 1.18 bits per heavy atom. The number of guanidine groups is 1. The molecule has 24 heteroatoms. The lowest BCUT2D eigenvalue weighted by Gasteiger charge is -2.46. The van der Waals surface area contributed by atoms with Gasteiger partial charge in [0.2, 0.25) is 23.6 Å². The number of rotatable bonds is 31. The first-order valence-corrected chi connectivity index (χ1v) is 27.6. The summed E-state index contributed by atoms with van der Waals surface area (Å²) in [5.74, 6) is -5.19. The third-order valence-corrected chi connectivity index (χ3v) is 13.0. The molecule has 0 aliphatic carbocycles. The standard InChI is InChI=1S/C61H75N9O15/c1-61(2,3)85-60(76)69(70(77)78)48(31-20-32-64-59(62)63)57(75)65-35-50(71)66-47(34-51(72)79-4)55(73)67-46(33-41-21-10-5-11-22-41)56(74)68-52-54(82-38-44-27-16-8-17-28-44)53(81-37-43-25-14-7-15-26-43)49(40-80-36-42-23-12-6-13-24-42)84-58(52)83-39-45-29-18-9-19-30-45/h5-19,21-30,46-49,52-54,58H,20,31-40H2,1-4H3,(H,65,75)(H,66,71)(H,67,73)(H,68,74)(H4,62,63,64)/t46-,47-,48-,49+,52+,53+,54+,58+/m0/s1. The molecule has 0 unspecified atom stereocenters. The molecule has 8 N–H and O–H groups in total. The van der Waals surface area contributed by atoms with Gasteiger partial charge >= 0.3 is 12.1 Å². The van der Waals surface area contributed by atoms with Crippen LogP contribution in [0.15, 0.2) is 157 Å². The van der Waals surface area contributed by atoms with E-state index in [0.29, 0.717) is 5.56 Å². The number of carbonyl (C=O) groups is 6. The number of aliphatic imine (C=N–C) groups is 1. The average Bonchev–Trinajstić information content (AvgIpc) is 3.42. The van der Waals surface area contributed by atoms with E-state index in [2.05, 4.69) is 26.3 Å². The number of hydrazine groups is 1. The number of hydrogen-bond acceptors (Lipinski definition) is 16. The lowest BCUT2D eigenvalue weighted by atomic mass is 9.95. The largest absolute Gasteiger partial charge is 0.469 e. The van der Waals surface area contributed by atoms with E-state index in [9.17, 15) is 34.1 Å². The minimum atomic E-state index is -1.84. The molecule has 5 aromatic carbocycles. The van der Waals surface area contributed by atoms with Crippen LogP contribution in [0.4, 0.5) is 4.79 Å². The molecule has 454 valence electrons. The van der Waals surface area contributed by atoms with Crippen molar-refractivity contribution in [3.63, 3.8) is 0 Å². The molecule has 0 saturated carbocycles. The Morgan fingerprint density at radius 1 is 0.671 bits per heavy atom. The molecular weight excluding hydrogens is 1100 g/mol. The molecule has 5 amide bonds. The zero-order chi connectivity index (χ0) is 61.1. The van der Waals surface area contributed by atoms with Crippen LogP contribution in [-0.4, -0.2) is 133 Å². The van der Waals surface area contributed by atoms with E-state index < -0.39 is 108 Å². The topological polar surface area (TPSA) is 326 Å². The highest BCUT2D eigenvalue weighted by Crippen LogP contribution is 2.30. The first-order valence-electron chi connectivity index (χ1n) is 27.6. The van der Waals surface area contributed by atoms with Crippen molar-refractivity contribution >= 4 is 41.7 Å². The van der Waals surface area contributed by atoms with Gasteiger partial charge in [0.25, 0.3) is 0 Å². The zero-order valence-corrected chi connectivity index (χ0v) is 48.0. The monoisotopic (exact) mass is 1170 g/mol. The number of hydrogen-bond donors (Lipinski definition) is 6. The Bertz CT molecular complexity index is 2940. The summed E-state index contributed by atoms with van der Waals surface area (Å²) in [6.45, 7) is 3.89. The summed E-state index contributed by atoms with van der Waals surface area (Å²) in [6, 6.07) is 40.4. The third kappa shape index (κ3) is 22.0. The van der Waals surface area contributed by atoms with Gasteiger partial charge in [-0.3, -0.25) is 29.0 Å². The molecule has 5 aromatic rings. The first-order chi connectivity index (χ1) is 40.9. The van der Waals surface area contributed by atoms with E-state index in [-0.39, 0.29) is 69.8 Å². The van der Waals surface area contributed by atoms with Crippen molar-refractivity contribution in [2.24, 2.45) is 16.5 Å². The molecule has 0 spiro atoms. The number of esters is 1. The predicted molar refractivity (Wildman–Crippen MR) is 310 cm³/mol. The van der Waals surface area contributed by atoms with Crippen molar-refractivity contribution in [2.45, 2.75) is 127 Å². The van der Waals surface area contributed by atoms with Crippen molar-refractivity contribution in [1.29, 1.82) is 0 Å². The fraction of sp³-hybridized carbons (Fsp3) is 0.393. The van der Waals surface area contributed by atoms with Gasteiger partial charge in [-0.05, 0) is 66.4 Å². The minimum absolute atomic E-state index is 0.00793. The van der Waals surface area contributed by atoms with Gasteiger partial charge in [0, 0.05) is 13.0 Å². The Balaban J connectivity index is 1.31. The fourth-order valence-corrected chi connectivity index (χ4v) is 8.95. The molecule has 1 heterocycles. The van der Waals surface area contributed by atoms with Gasteiger partial charge in [-0.25, -0.2) is 14.9 Å². The van der Waals surface area contributed by atoms with Gasteiger partial charge in [-0.15, -0.1) is 0 Å². The Kier molecular flexibility index (Phi) is 25.7. The van der Waals surface area contributed by atoms with Crippen LogP contribution in [0.3, 0.4) is 0 Å². The molecule has 6 rings (SSSR count). The van der Waals surface area contributed by atoms with Gasteiger partial charge in [0.1, 0.15) is 42.0 Å². The van der Waals surface area contributed by atoms with E-state index in [1.807, 2.05) is 121 Å². The Hall–Kier alpha value is -8.81. The van der Waals surface area contributed by atoms with E-state index in [1.54, 1.807) is 30.3 Å². The van der Waals surface area contributed by atoms with Gasteiger partial charge in [0.05, 0.1) is 53.1 Å². The number of benzene rings is 5. The molecule has 85 heavy (non-hydrogen) atoms. The molecule has 24 nitrogen and oxygen atoms in total. The van der Waals surface area contributed by atoms with Crippen LogP contribution >= 0.6 is 0 Å². The van der Waals surface area contributed by atoms with Crippen LogP contribution in [0.1, 0.15) is 67.9 Å². The fourth-order valence-electron chi connectivity index (χ4n) is 8.95. The summed E-state index contributed by atoms with van der Waals surface area (Å²) >= 11 is 0. The van der Waals surface area contributed by atoms with E-state index in [1.165, 1.54) is 20.8 Å². The molecule has 1 saturated heterocycles. The van der Waals surface area contributed by atoms with Crippen molar-refractivity contribution in [1.82, 2.24) is 26.3 Å². The lowest BCUT2D eigenvalue weighted by Crippen LogP contribution is -2.67. The zero-order valence-electron chi connectivity index (χ0n) is 48.0. The predicted octanol–water partition coefficient (Wildman–Crippen LogP) is 4.54. The highest BCUT2D eigenvalue weighted by molar-refractivity contribution is 5.95. The molecule has 1 aliphatic heterocycles. The number of ether oxygens (including phenoxy) is 7. The molecule has 0 bridgehead atoms. The Morgan fingerprint density at radius 3 is 1.68 bits per heavy atom. The summed E-state index contributed by atoms with van der Waals surface area (Å²) in [4.78, 5) is 99.6. The van der Waals surface area contributed by atoms with Gasteiger partial charge in [-0.1, -0.05) is 152 Å². The maximum atomic E-state index is 15.3. The number of methoxy groups -OCH3 is 1. The Labute approximate surface area is 493 Å². The summed E-state index contributed by atoms with van der Waals surface area (Å²) in [7, 11) is 1.07. The maximum Gasteiger partial charge on any atom is 0.469 e. The van der Waals surface area contributed by atoms with E-state index in [4.69, 9.17) is 44.6 Å². The van der Waals surface area contributed by atoms with Gasteiger partial charge < -0.3 is 65.9 Å². The summed E-state index contributed by atoms with van der Waals surface area (Å²) in [5, 5.41) is 21.7.